The van der Waals surface area contributed by atoms with E-state index in [2.05, 4.69) is 21.2 Å². The van der Waals surface area contributed by atoms with E-state index in [0.717, 1.165) is 32.6 Å². The summed E-state index contributed by atoms with van der Waals surface area (Å²) < 4.78 is 6.29. The smallest absolute Gasteiger partial charge is 0.126 e. The molecule has 0 saturated carbocycles. The highest BCUT2D eigenvalue weighted by Gasteiger charge is 2.27. The van der Waals surface area contributed by atoms with Crippen LogP contribution >= 0.6 is 27.5 Å². The Morgan fingerprint density at radius 1 is 1.07 bits per heavy atom. The number of aromatic hydroxyl groups is 1. The molecule has 4 nitrogen and oxygen atoms in total. The van der Waals surface area contributed by atoms with Crippen molar-refractivity contribution < 1.29 is 9.84 Å². The highest BCUT2D eigenvalue weighted by atomic mass is 79.9. The maximum Gasteiger partial charge on any atom is 0.126 e. The van der Waals surface area contributed by atoms with E-state index in [-0.39, 0.29) is 18.0 Å². The maximum atomic E-state index is 10.4. The van der Waals surface area contributed by atoms with Crippen LogP contribution in [0.2, 0.25) is 5.02 Å². The van der Waals surface area contributed by atoms with Gasteiger partial charge in [-0.3, -0.25) is 10.3 Å². The van der Waals surface area contributed by atoms with Crippen molar-refractivity contribution in [2.45, 2.75) is 18.6 Å². The summed E-state index contributed by atoms with van der Waals surface area (Å²) in [5.74, 6) is 1.02. The normalized spacial score (nSPS) is 18.9. The molecule has 0 unspecified atom stereocenters. The second-order valence-electron chi connectivity index (χ2n) is 6.88. The summed E-state index contributed by atoms with van der Waals surface area (Å²) in [5, 5.41) is 14.6. The fourth-order valence-corrected chi connectivity index (χ4v) is 3.93. The first-order valence-electron chi connectivity index (χ1n) is 9.24. The quantitative estimate of drug-likeness (QED) is 0.488. The molecule has 0 saturated heterocycles. The van der Waals surface area contributed by atoms with E-state index in [1.165, 1.54) is 0 Å². The molecule has 1 aliphatic heterocycles. The van der Waals surface area contributed by atoms with E-state index in [0.29, 0.717) is 11.4 Å². The summed E-state index contributed by atoms with van der Waals surface area (Å²) in [4.78, 5) is 4.97. The van der Waals surface area contributed by atoms with Crippen LogP contribution in [0.15, 0.2) is 76.2 Å². The second kappa shape index (κ2) is 8.57. The number of aliphatic imine (C=N–C) groups is 1. The number of phenols is 1. The number of rotatable bonds is 4. The van der Waals surface area contributed by atoms with Gasteiger partial charge in [0.25, 0.3) is 0 Å². The zero-order valence-corrected chi connectivity index (χ0v) is 18.1. The number of halogens is 2. The molecule has 6 heteroatoms. The minimum absolute atomic E-state index is 0.128. The summed E-state index contributed by atoms with van der Waals surface area (Å²) in [6, 6.07) is 21.0. The maximum absolute atomic E-state index is 10.4. The molecule has 0 bridgehead atoms. The van der Waals surface area contributed by atoms with Crippen molar-refractivity contribution in [3.63, 3.8) is 0 Å². The monoisotopic (exact) mass is 470 g/mol. The van der Waals surface area contributed by atoms with E-state index < -0.39 is 0 Å². The predicted octanol–water partition coefficient (Wildman–Crippen LogP) is 6.04. The predicted molar refractivity (Wildman–Crippen MR) is 120 cm³/mol. The first-order chi connectivity index (χ1) is 14.0. The molecule has 0 aromatic heterocycles. The average Bonchev–Trinajstić information content (AvgIpc) is 2.75. The van der Waals surface area contributed by atoms with Crippen molar-refractivity contribution in [3.05, 3.63) is 92.9 Å². The van der Waals surface area contributed by atoms with Crippen LogP contribution in [0.4, 0.5) is 0 Å². The highest BCUT2D eigenvalue weighted by Crippen LogP contribution is 2.36. The molecular weight excluding hydrogens is 452 g/mol. The van der Waals surface area contributed by atoms with E-state index in [4.69, 9.17) is 21.3 Å². The Balaban J connectivity index is 1.75. The van der Waals surface area contributed by atoms with Crippen LogP contribution in [0.5, 0.6) is 11.5 Å². The van der Waals surface area contributed by atoms with Crippen LogP contribution in [0.1, 0.15) is 35.3 Å². The Bertz CT molecular complexity index is 1040. The largest absolute Gasteiger partial charge is 0.508 e. The van der Waals surface area contributed by atoms with Gasteiger partial charge in [-0.1, -0.05) is 39.7 Å². The van der Waals surface area contributed by atoms with Crippen molar-refractivity contribution in [1.29, 1.82) is 0 Å². The van der Waals surface area contributed by atoms with Gasteiger partial charge in [0.1, 0.15) is 17.7 Å². The summed E-state index contributed by atoms with van der Waals surface area (Å²) in [6.07, 6.45) is 0.394. The van der Waals surface area contributed by atoms with Crippen molar-refractivity contribution in [2.75, 3.05) is 7.11 Å². The lowest BCUT2D eigenvalue weighted by molar-refractivity contribution is 0.412. The molecule has 0 fully saturated rings. The minimum Gasteiger partial charge on any atom is -0.508 e. The Hall–Kier alpha value is -2.34. The number of nitrogens with zero attached hydrogens (tertiary/aromatic N) is 1. The van der Waals surface area contributed by atoms with Gasteiger partial charge in [-0.2, -0.15) is 0 Å². The average molecular weight is 472 g/mol. The molecule has 0 radical (unpaired) electrons. The number of methoxy groups -OCH3 is 1. The van der Waals surface area contributed by atoms with Crippen molar-refractivity contribution >= 4 is 33.2 Å². The van der Waals surface area contributed by atoms with E-state index in [1.807, 2.05) is 54.6 Å². The molecule has 29 heavy (non-hydrogen) atoms. The number of hydrogen-bond acceptors (Lipinski definition) is 4. The minimum atomic E-state index is -0.239. The lowest BCUT2D eigenvalue weighted by atomic mass is 9.93. The van der Waals surface area contributed by atoms with E-state index >= 15 is 0 Å². The van der Waals surface area contributed by atoms with Gasteiger partial charge in [0.15, 0.2) is 0 Å². The Kier molecular flexibility index (Phi) is 5.90. The summed E-state index contributed by atoms with van der Waals surface area (Å²) in [5.41, 5.74) is 3.80. The number of ether oxygens (including phenoxy) is 1. The van der Waals surface area contributed by atoms with Gasteiger partial charge in [0.05, 0.1) is 7.11 Å². The van der Waals surface area contributed by atoms with Crippen LogP contribution in [-0.2, 0) is 0 Å². The zero-order chi connectivity index (χ0) is 20.4. The van der Waals surface area contributed by atoms with Crippen molar-refractivity contribution in [3.8, 4) is 11.5 Å². The molecule has 1 aliphatic rings. The highest BCUT2D eigenvalue weighted by molar-refractivity contribution is 9.10. The van der Waals surface area contributed by atoms with Crippen LogP contribution in [0.25, 0.3) is 0 Å². The standard InChI is InChI=1S/C23H20BrClN2O2/c1-29-18-9-4-14(5-10-18)20-13-21(19-12-17(25)8-11-22(19)28)27-23(26-20)15-2-6-16(24)7-3-15/h2-12,21,23,27-28H,13H2,1H3/t21-,23-/m0/s1. The van der Waals surface area contributed by atoms with Gasteiger partial charge in [-0.05, 0) is 65.7 Å². The van der Waals surface area contributed by atoms with Crippen molar-refractivity contribution in [1.82, 2.24) is 5.32 Å². The molecule has 4 rings (SSSR count). The summed E-state index contributed by atoms with van der Waals surface area (Å²) in [6.45, 7) is 0. The molecule has 0 aliphatic carbocycles. The van der Waals surface area contributed by atoms with Gasteiger partial charge < -0.3 is 9.84 Å². The number of phenolic OH excluding ortho intramolecular Hbond substituents is 1. The van der Waals surface area contributed by atoms with Gasteiger partial charge >= 0.3 is 0 Å². The topological polar surface area (TPSA) is 53.8 Å². The molecule has 1 heterocycles. The van der Waals surface area contributed by atoms with Gasteiger partial charge in [-0.25, -0.2) is 0 Å². The fraction of sp³-hybridized carbons (Fsp3) is 0.174. The van der Waals surface area contributed by atoms with Gasteiger partial charge in [0, 0.05) is 33.2 Å². The lowest BCUT2D eigenvalue weighted by Gasteiger charge is -2.31. The third kappa shape index (κ3) is 4.47. The summed E-state index contributed by atoms with van der Waals surface area (Å²) >= 11 is 9.69. The van der Waals surface area contributed by atoms with Crippen LogP contribution in [-0.4, -0.2) is 17.9 Å². The number of nitrogens with one attached hydrogen (secondary N) is 1. The Morgan fingerprint density at radius 2 is 1.79 bits per heavy atom. The third-order valence-corrected chi connectivity index (χ3v) is 5.78. The first-order valence-corrected chi connectivity index (χ1v) is 10.4. The Labute approximate surface area is 183 Å². The number of benzene rings is 3. The van der Waals surface area contributed by atoms with Gasteiger partial charge in [0.2, 0.25) is 0 Å². The molecule has 0 amide bonds. The molecule has 2 atom stereocenters. The molecule has 2 N–H and O–H groups in total. The first kappa shape index (κ1) is 20.0. The molecule has 3 aromatic carbocycles. The lowest BCUT2D eigenvalue weighted by Crippen LogP contribution is -2.33. The molecule has 3 aromatic rings. The van der Waals surface area contributed by atoms with Crippen LogP contribution in [0.3, 0.4) is 0 Å². The van der Waals surface area contributed by atoms with E-state index in [9.17, 15) is 5.11 Å². The number of hydrogen-bond donors (Lipinski definition) is 2. The van der Waals surface area contributed by atoms with E-state index in [1.54, 1.807) is 19.2 Å². The summed E-state index contributed by atoms with van der Waals surface area (Å²) in [7, 11) is 1.65. The van der Waals surface area contributed by atoms with Crippen molar-refractivity contribution in [2.24, 2.45) is 4.99 Å². The Morgan fingerprint density at radius 3 is 2.48 bits per heavy atom. The molecule has 148 valence electrons. The van der Waals surface area contributed by atoms with Crippen LogP contribution in [0, 0.1) is 0 Å². The van der Waals surface area contributed by atoms with Crippen LogP contribution < -0.4 is 10.1 Å². The SMILES string of the molecule is COc1ccc(C2=N[C@H](c3ccc(Br)cc3)N[C@H](c3cc(Cl)ccc3O)C2)cc1. The third-order valence-electron chi connectivity index (χ3n) is 5.02. The second-order valence-corrected chi connectivity index (χ2v) is 8.24. The molecular formula is C23H20BrClN2O2. The zero-order valence-electron chi connectivity index (χ0n) is 15.8. The van der Waals surface area contributed by atoms with Gasteiger partial charge in [-0.15, -0.1) is 0 Å². The molecule has 0 spiro atoms. The fourth-order valence-electron chi connectivity index (χ4n) is 3.48.